The first-order valence-electron chi connectivity index (χ1n) is 5.87. The molecule has 0 aromatic heterocycles. The first-order chi connectivity index (χ1) is 9.20. The van der Waals surface area contributed by atoms with Crippen LogP contribution in [0.3, 0.4) is 0 Å². The summed E-state index contributed by atoms with van der Waals surface area (Å²) in [4.78, 5) is 12.8. The lowest BCUT2D eigenvalue weighted by atomic mass is 10.0. The number of benzene rings is 1. The van der Waals surface area contributed by atoms with Crippen LogP contribution in [0.5, 0.6) is 0 Å². The van der Waals surface area contributed by atoms with E-state index < -0.39 is 0 Å². The number of nitrogens with one attached hydrogen (secondary N) is 1. The molecule has 2 rings (SSSR count). The molecule has 1 amide bonds. The Labute approximate surface area is 119 Å². The van der Waals surface area contributed by atoms with Gasteiger partial charge in [-0.2, -0.15) is 5.26 Å². The number of nitriles is 1. The van der Waals surface area contributed by atoms with Gasteiger partial charge >= 0.3 is 0 Å². The number of halogens is 1. The second kappa shape index (κ2) is 6.83. The van der Waals surface area contributed by atoms with Crippen molar-refractivity contribution in [1.82, 2.24) is 5.32 Å². The van der Waals surface area contributed by atoms with E-state index in [1.807, 2.05) is 6.07 Å². The lowest BCUT2D eigenvalue weighted by molar-refractivity contribution is -0.119. The largest absolute Gasteiger partial charge is 0.349 e. The van der Waals surface area contributed by atoms with E-state index >= 15 is 0 Å². The van der Waals surface area contributed by atoms with Crippen molar-refractivity contribution in [3.63, 3.8) is 0 Å². The molecule has 0 bridgehead atoms. The highest BCUT2D eigenvalue weighted by atomic mass is 32.2. The van der Waals surface area contributed by atoms with E-state index in [0.717, 1.165) is 22.6 Å². The van der Waals surface area contributed by atoms with Crippen molar-refractivity contribution >= 4 is 29.4 Å². The van der Waals surface area contributed by atoms with Gasteiger partial charge in [0.15, 0.2) is 0 Å². The Morgan fingerprint density at radius 3 is 3.26 bits per heavy atom. The summed E-state index contributed by atoms with van der Waals surface area (Å²) in [6.07, 6.45) is 0.801. The molecule has 0 spiro atoms. The predicted molar refractivity (Wildman–Crippen MR) is 75.6 cm³/mol. The Hall–Kier alpha value is -1.19. The molecule has 0 fully saturated rings. The van der Waals surface area contributed by atoms with Crippen LogP contribution in [0.15, 0.2) is 23.1 Å². The molecular formula is C13H13FN2OS2. The molecule has 1 heterocycles. The zero-order valence-electron chi connectivity index (χ0n) is 10.2. The van der Waals surface area contributed by atoms with Crippen LogP contribution in [0.1, 0.15) is 18.0 Å². The molecule has 1 aromatic rings. The minimum Gasteiger partial charge on any atom is -0.349 e. The average molecular weight is 296 g/mol. The van der Waals surface area contributed by atoms with Crippen molar-refractivity contribution in [2.45, 2.75) is 17.4 Å². The van der Waals surface area contributed by atoms with Crippen molar-refractivity contribution in [3.05, 3.63) is 29.6 Å². The van der Waals surface area contributed by atoms with Gasteiger partial charge < -0.3 is 5.32 Å². The van der Waals surface area contributed by atoms with Crippen LogP contribution in [0, 0.1) is 17.1 Å². The van der Waals surface area contributed by atoms with Crippen molar-refractivity contribution in [2.75, 3.05) is 17.3 Å². The van der Waals surface area contributed by atoms with Crippen molar-refractivity contribution in [3.8, 4) is 6.07 Å². The molecule has 0 aliphatic carbocycles. The standard InChI is InChI=1S/C13H13FN2OS2/c14-9-1-2-12-10(7-9)11(3-5-19-12)16-13(17)8-18-6-4-15/h1-2,7,11H,3,5-6,8H2,(H,16,17)/t11-/m0/s1. The minimum absolute atomic E-state index is 0.104. The number of carbonyl (C=O) groups is 1. The van der Waals surface area contributed by atoms with Crippen LogP contribution in [0.2, 0.25) is 0 Å². The van der Waals surface area contributed by atoms with Crippen molar-refractivity contribution in [2.24, 2.45) is 0 Å². The number of amides is 1. The highest BCUT2D eigenvalue weighted by Gasteiger charge is 2.22. The van der Waals surface area contributed by atoms with E-state index in [0.29, 0.717) is 5.75 Å². The van der Waals surface area contributed by atoms with Crippen molar-refractivity contribution in [1.29, 1.82) is 5.26 Å². The third-order valence-corrected chi connectivity index (χ3v) is 4.67. The van der Waals surface area contributed by atoms with Gasteiger partial charge in [0.05, 0.1) is 23.6 Å². The quantitative estimate of drug-likeness (QED) is 0.868. The van der Waals surface area contributed by atoms with Gasteiger partial charge in [0.25, 0.3) is 0 Å². The molecule has 0 unspecified atom stereocenters. The average Bonchev–Trinajstić information content (AvgIpc) is 2.40. The van der Waals surface area contributed by atoms with E-state index in [9.17, 15) is 9.18 Å². The summed E-state index contributed by atoms with van der Waals surface area (Å²) in [6.45, 7) is 0. The Kier molecular flexibility index (Phi) is 5.11. The normalized spacial score (nSPS) is 17.4. The van der Waals surface area contributed by atoms with Crippen LogP contribution < -0.4 is 5.32 Å². The third kappa shape index (κ3) is 3.88. The molecule has 0 saturated carbocycles. The summed E-state index contributed by atoms with van der Waals surface area (Å²) >= 11 is 2.97. The summed E-state index contributed by atoms with van der Waals surface area (Å²) in [5.41, 5.74) is 0.856. The maximum absolute atomic E-state index is 13.3. The zero-order chi connectivity index (χ0) is 13.7. The fraction of sp³-hybridized carbons (Fsp3) is 0.385. The smallest absolute Gasteiger partial charge is 0.230 e. The number of fused-ring (bicyclic) bond motifs is 1. The van der Waals surface area contributed by atoms with E-state index in [1.54, 1.807) is 17.8 Å². The van der Waals surface area contributed by atoms with Gasteiger partial charge in [0.1, 0.15) is 5.82 Å². The second-order valence-corrected chi connectivity index (χ2v) is 6.21. The van der Waals surface area contributed by atoms with E-state index in [1.165, 1.54) is 23.9 Å². The third-order valence-electron chi connectivity index (χ3n) is 2.75. The van der Waals surface area contributed by atoms with Gasteiger partial charge in [-0.25, -0.2) is 4.39 Å². The predicted octanol–water partition coefficient (Wildman–Crippen LogP) is 2.74. The topological polar surface area (TPSA) is 52.9 Å². The number of hydrogen-bond acceptors (Lipinski definition) is 4. The summed E-state index contributed by atoms with van der Waals surface area (Å²) < 4.78 is 13.3. The Balaban J connectivity index is 2.01. The zero-order valence-corrected chi connectivity index (χ0v) is 11.8. The van der Waals surface area contributed by atoms with Gasteiger partial charge in [-0.3, -0.25) is 4.79 Å². The van der Waals surface area contributed by atoms with Gasteiger partial charge in [-0.05, 0) is 30.2 Å². The van der Waals surface area contributed by atoms with Gasteiger partial charge in [-0.1, -0.05) is 0 Å². The molecular weight excluding hydrogens is 283 g/mol. The van der Waals surface area contributed by atoms with Crippen LogP contribution in [-0.2, 0) is 4.79 Å². The molecule has 0 radical (unpaired) electrons. The molecule has 1 aromatic carbocycles. The van der Waals surface area contributed by atoms with Crippen molar-refractivity contribution < 1.29 is 9.18 Å². The fourth-order valence-electron chi connectivity index (χ4n) is 1.94. The number of carbonyl (C=O) groups excluding carboxylic acids is 1. The SMILES string of the molecule is N#CCSCC(=O)N[C@H]1CCSc2ccc(F)cc21. The van der Waals surface area contributed by atoms with E-state index in [-0.39, 0.29) is 23.5 Å². The Morgan fingerprint density at radius 1 is 1.63 bits per heavy atom. The minimum atomic E-state index is -0.278. The lowest BCUT2D eigenvalue weighted by Crippen LogP contribution is -2.32. The maximum atomic E-state index is 13.3. The molecule has 3 nitrogen and oxygen atoms in total. The van der Waals surface area contributed by atoms with E-state index in [2.05, 4.69) is 5.32 Å². The lowest BCUT2D eigenvalue weighted by Gasteiger charge is -2.25. The van der Waals surface area contributed by atoms with Gasteiger partial charge in [0, 0.05) is 10.6 Å². The number of rotatable bonds is 4. The Morgan fingerprint density at radius 2 is 2.47 bits per heavy atom. The monoisotopic (exact) mass is 296 g/mol. The molecule has 6 heteroatoms. The van der Waals surface area contributed by atoms with Crippen LogP contribution in [0.4, 0.5) is 4.39 Å². The maximum Gasteiger partial charge on any atom is 0.230 e. The van der Waals surface area contributed by atoms with E-state index in [4.69, 9.17) is 5.26 Å². The summed E-state index contributed by atoms with van der Waals surface area (Å²) in [5, 5.41) is 11.3. The first-order valence-corrected chi connectivity index (χ1v) is 8.01. The molecule has 1 aliphatic rings. The van der Waals surface area contributed by atoms with Gasteiger partial charge in [-0.15, -0.1) is 23.5 Å². The molecule has 19 heavy (non-hydrogen) atoms. The summed E-state index contributed by atoms with van der Waals surface area (Å²) in [5.74, 6) is 1.10. The number of nitrogens with zero attached hydrogens (tertiary/aromatic N) is 1. The second-order valence-electron chi connectivity index (χ2n) is 4.09. The summed E-state index contributed by atoms with van der Waals surface area (Å²) in [6, 6.07) is 6.56. The van der Waals surface area contributed by atoms with Crippen LogP contribution >= 0.6 is 23.5 Å². The molecule has 100 valence electrons. The molecule has 1 aliphatic heterocycles. The molecule has 0 saturated heterocycles. The van der Waals surface area contributed by atoms with Crippen LogP contribution in [0.25, 0.3) is 0 Å². The Bertz CT molecular complexity index is 516. The highest BCUT2D eigenvalue weighted by Crippen LogP contribution is 2.36. The fourth-order valence-corrected chi connectivity index (χ4v) is 3.51. The summed E-state index contributed by atoms with van der Waals surface area (Å²) in [7, 11) is 0. The highest BCUT2D eigenvalue weighted by molar-refractivity contribution is 8.00. The molecule has 1 atom stereocenters. The van der Waals surface area contributed by atoms with Gasteiger partial charge in [0.2, 0.25) is 5.91 Å². The number of hydrogen-bond donors (Lipinski definition) is 1. The number of thioether (sulfide) groups is 2. The molecule has 1 N–H and O–H groups in total. The first kappa shape index (κ1) is 14.2. The van der Waals surface area contributed by atoms with Crippen LogP contribution in [-0.4, -0.2) is 23.2 Å².